The fourth-order valence-electron chi connectivity index (χ4n) is 2.18. The van der Waals surface area contributed by atoms with Gasteiger partial charge in [-0.2, -0.15) is 0 Å². The van der Waals surface area contributed by atoms with Crippen molar-refractivity contribution >= 4 is 22.6 Å². The summed E-state index contributed by atoms with van der Waals surface area (Å²) in [6, 6.07) is 10.9. The first-order chi connectivity index (χ1) is 10.7. The number of fused-ring (bicyclic) bond motifs is 1. The maximum Gasteiger partial charge on any atom is 0.255 e. The smallest absolute Gasteiger partial charge is 0.255 e. The SMILES string of the molecule is COCc1nc2ccc(NC(=O)c3cccc(F)c3)cc2[nH]1. The molecule has 2 N–H and O–H groups in total. The number of aromatic nitrogens is 2. The molecule has 0 aliphatic carbocycles. The predicted molar refractivity (Wildman–Crippen MR) is 81.2 cm³/mol. The van der Waals surface area contributed by atoms with Gasteiger partial charge in [0.1, 0.15) is 18.2 Å². The molecule has 0 fully saturated rings. The maximum atomic E-state index is 13.1. The van der Waals surface area contributed by atoms with Crippen LogP contribution in [0.25, 0.3) is 11.0 Å². The van der Waals surface area contributed by atoms with Gasteiger partial charge >= 0.3 is 0 Å². The van der Waals surface area contributed by atoms with Crippen molar-refractivity contribution in [2.45, 2.75) is 6.61 Å². The number of nitrogens with one attached hydrogen (secondary N) is 2. The topological polar surface area (TPSA) is 67.0 Å². The Labute approximate surface area is 126 Å². The van der Waals surface area contributed by atoms with Crippen LogP contribution in [-0.2, 0) is 11.3 Å². The molecule has 1 aromatic heterocycles. The Balaban J connectivity index is 1.82. The molecule has 1 amide bonds. The first-order valence-corrected chi connectivity index (χ1v) is 6.70. The van der Waals surface area contributed by atoms with Gasteiger partial charge in [-0.3, -0.25) is 4.79 Å². The third kappa shape index (κ3) is 2.96. The number of halogens is 1. The van der Waals surface area contributed by atoms with Gasteiger partial charge in [-0.05, 0) is 36.4 Å². The number of imidazole rings is 1. The van der Waals surface area contributed by atoms with E-state index in [2.05, 4.69) is 15.3 Å². The zero-order valence-electron chi connectivity index (χ0n) is 11.9. The zero-order chi connectivity index (χ0) is 15.5. The van der Waals surface area contributed by atoms with Crippen molar-refractivity contribution in [3.8, 4) is 0 Å². The summed E-state index contributed by atoms with van der Waals surface area (Å²) in [4.78, 5) is 19.5. The molecule has 3 aromatic rings. The maximum absolute atomic E-state index is 13.1. The minimum absolute atomic E-state index is 0.268. The van der Waals surface area contributed by atoms with Gasteiger partial charge in [-0.1, -0.05) is 6.07 Å². The van der Waals surface area contributed by atoms with E-state index in [-0.39, 0.29) is 11.5 Å². The molecule has 0 saturated carbocycles. The van der Waals surface area contributed by atoms with Crippen molar-refractivity contribution in [2.75, 3.05) is 12.4 Å². The predicted octanol–water partition coefficient (Wildman–Crippen LogP) is 3.10. The van der Waals surface area contributed by atoms with Crippen LogP contribution in [-0.4, -0.2) is 23.0 Å². The Bertz CT molecular complexity index is 829. The molecule has 0 unspecified atom stereocenters. The lowest BCUT2D eigenvalue weighted by molar-refractivity contribution is 0.102. The van der Waals surface area contributed by atoms with Gasteiger partial charge in [0, 0.05) is 18.4 Å². The average Bonchev–Trinajstić information content (AvgIpc) is 2.89. The largest absolute Gasteiger partial charge is 0.377 e. The molecule has 22 heavy (non-hydrogen) atoms. The molecule has 0 aliphatic rings. The molecule has 0 bridgehead atoms. The van der Waals surface area contributed by atoms with E-state index in [1.54, 1.807) is 31.4 Å². The van der Waals surface area contributed by atoms with E-state index in [0.717, 1.165) is 11.0 Å². The van der Waals surface area contributed by atoms with E-state index in [0.29, 0.717) is 18.1 Å². The number of nitrogens with zero attached hydrogens (tertiary/aromatic N) is 1. The van der Waals surface area contributed by atoms with Crippen LogP contribution in [0.3, 0.4) is 0 Å². The highest BCUT2D eigenvalue weighted by molar-refractivity contribution is 6.04. The van der Waals surface area contributed by atoms with Crippen LogP contribution in [0, 0.1) is 5.82 Å². The summed E-state index contributed by atoms with van der Waals surface area (Å²) in [5, 5.41) is 2.73. The molecule has 2 aromatic carbocycles. The second-order valence-corrected chi connectivity index (χ2v) is 4.81. The van der Waals surface area contributed by atoms with Gasteiger partial charge in [0.05, 0.1) is 11.0 Å². The van der Waals surface area contributed by atoms with Crippen molar-refractivity contribution in [1.29, 1.82) is 0 Å². The van der Waals surface area contributed by atoms with Gasteiger partial charge in [0.2, 0.25) is 0 Å². The van der Waals surface area contributed by atoms with Gasteiger partial charge in [-0.25, -0.2) is 9.37 Å². The quantitative estimate of drug-likeness (QED) is 0.778. The average molecular weight is 299 g/mol. The highest BCUT2D eigenvalue weighted by atomic mass is 19.1. The lowest BCUT2D eigenvalue weighted by atomic mass is 10.2. The van der Waals surface area contributed by atoms with Crippen LogP contribution < -0.4 is 5.32 Å². The highest BCUT2D eigenvalue weighted by Gasteiger charge is 2.09. The third-order valence-electron chi connectivity index (χ3n) is 3.16. The summed E-state index contributed by atoms with van der Waals surface area (Å²) in [7, 11) is 1.60. The van der Waals surface area contributed by atoms with Crippen molar-refractivity contribution in [3.05, 3.63) is 59.7 Å². The Hall–Kier alpha value is -2.73. The minimum Gasteiger partial charge on any atom is -0.377 e. The molecule has 6 heteroatoms. The molecule has 0 saturated heterocycles. The molecule has 3 rings (SSSR count). The number of H-pyrrole nitrogens is 1. The fraction of sp³-hybridized carbons (Fsp3) is 0.125. The number of rotatable bonds is 4. The fourth-order valence-corrected chi connectivity index (χ4v) is 2.18. The second-order valence-electron chi connectivity index (χ2n) is 4.81. The standard InChI is InChI=1S/C16H14FN3O2/c1-22-9-15-19-13-6-5-12(8-14(13)20-15)18-16(21)10-3-2-4-11(17)7-10/h2-8H,9H2,1H3,(H,18,21)(H,19,20). The van der Waals surface area contributed by atoms with Crippen molar-refractivity contribution in [2.24, 2.45) is 0 Å². The number of aromatic amines is 1. The van der Waals surface area contributed by atoms with E-state index in [1.807, 2.05) is 0 Å². The van der Waals surface area contributed by atoms with E-state index in [9.17, 15) is 9.18 Å². The van der Waals surface area contributed by atoms with Crippen LogP contribution in [0.4, 0.5) is 10.1 Å². The van der Waals surface area contributed by atoms with Crippen molar-refractivity contribution < 1.29 is 13.9 Å². The number of benzene rings is 2. The third-order valence-corrected chi connectivity index (χ3v) is 3.16. The molecule has 112 valence electrons. The Morgan fingerprint density at radius 1 is 1.32 bits per heavy atom. The van der Waals surface area contributed by atoms with Gasteiger partial charge in [-0.15, -0.1) is 0 Å². The molecule has 5 nitrogen and oxygen atoms in total. The van der Waals surface area contributed by atoms with Crippen molar-refractivity contribution in [3.63, 3.8) is 0 Å². The normalized spacial score (nSPS) is 10.8. The Morgan fingerprint density at radius 3 is 2.95 bits per heavy atom. The number of carbonyl (C=O) groups excluding carboxylic acids is 1. The lowest BCUT2D eigenvalue weighted by Crippen LogP contribution is -2.11. The molecule has 0 radical (unpaired) electrons. The van der Waals surface area contributed by atoms with Crippen LogP contribution >= 0.6 is 0 Å². The van der Waals surface area contributed by atoms with Crippen LogP contribution in [0.15, 0.2) is 42.5 Å². The molecular weight excluding hydrogens is 285 g/mol. The zero-order valence-corrected chi connectivity index (χ0v) is 11.9. The number of ether oxygens (including phenoxy) is 1. The monoisotopic (exact) mass is 299 g/mol. The summed E-state index contributed by atoms with van der Waals surface area (Å²) in [6.45, 7) is 0.389. The molecular formula is C16H14FN3O2. The number of hydrogen-bond acceptors (Lipinski definition) is 3. The van der Waals surface area contributed by atoms with E-state index >= 15 is 0 Å². The summed E-state index contributed by atoms with van der Waals surface area (Å²) in [5.41, 5.74) is 2.46. The lowest BCUT2D eigenvalue weighted by Gasteiger charge is -2.05. The molecule has 0 atom stereocenters. The second kappa shape index (κ2) is 5.95. The van der Waals surface area contributed by atoms with Gasteiger partial charge in [0.25, 0.3) is 5.91 Å². The van der Waals surface area contributed by atoms with Crippen LogP contribution in [0.1, 0.15) is 16.2 Å². The Kier molecular flexibility index (Phi) is 3.84. The summed E-state index contributed by atoms with van der Waals surface area (Å²) < 4.78 is 18.2. The number of carbonyl (C=O) groups is 1. The summed E-state index contributed by atoms with van der Waals surface area (Å²) in [5.74, 6) is -0.0949. The molecule has 1 heterocycles. The van der Waals surface area contributed by atoms with Gasteiger partial charge in [0.15, 0.2) is 0 Å². The Morgan fingerprint density at radius 2 is 2.18 bits per heavy atom. The number of hydrogen-bond donors (Lipinski definition) is 2. The molecule has 0 aliphatic heterocycles. The van der Waals surface area contributed by atoms with E-state index < -0.39 is 5.82 Å². The van der Waals surface area contributed by atoms with E-state index in [4.69, 9.17) is 4.74 Å². The summed E-state index contributed by atoms with van der Waals surface area (Å²) >= 11 is 0. The minimum atomic E-state index is -0.444. The summed E-state index contributed by atoms with van der Waals surface area (Å²) in [6.07, 6.45) is 0. The molecule has 0 spiro atoms. The number of anilines is 1. The van der Waals surface area contributed by atoms with Gasteiger partial charge < -0.3 is 15.0 Å². The number of methoxy groups -OCH3 is 1. The number of amides is 1. The first-order valence-electron chi connectivity index (χ1n) is 6.70. The van der Waals surface area contributed by atoms with Crippen LogP contribution in [0.2, 0.25) is 0 Å². The first kappa shape index (κ1) is 14.2. The van der Waals surface area contributed by atoms with E-state index in [1.165, 1.54) is 18.2 Å². The highest BCUT2D eigenvalue weighted by Crippen LogP contribution is 2.18. The van der Waals surface area contributed by atoms with Crippen molar-refractivity contribution in [1.82, 2.24) is 9.97 Å². The van der Waals surface area contributed by atoms with Crippen LogP contribution in [0.5, 0.6) is 0 Å².